The molecule has 0 spiro atoms. The first-order chi connectivity index (χ1) is 8.10. The highest BCUT2D eigenvalue weighted by Gasteiger charge is 2.16. The number of rotatable bonds is 6. The Hall–Kier alpha value is -1.09. The molecule has 0 radical (unpaired) electrons. The van der Waals surface area contributed by atoms with Crippen LogP contribution in [0.25, 0.3) is 0 Å². The summed E-state index contributed by atoms with van der Waals surface area (Å²) in [5.41, 5.74) is 0.609. The molecule has 0 saturated heterocycles. The van der Waals surface area contributed by atoms with Crippen LogP contribution in [-0.4, -0.2) is 13.2 Å². The summed E-state index contributed by atoms with van der Waals surface area (Å²) in [6, 6.07) is 4.94. The Morgan fingerprint density at radius 2 is 2.06 bits per heavy atom. The second kappa shape index (κ2) is 6.60. The van der Waals surface area contributed by atoms with Crippen molar-refractivity contribution in [1.29, 1.82) is 0 Å². The fourth-order valence-electron chi connectivity index (χ4n) is 1.87. The smallest absolute Gasteiger partial charge is 0.131 e. The van der Waals surface area contributed by atoms with E-state index >= 15 is 0 Å². The summed E-state index contributed by atoms with van der Waals surface area (Å²) in [5.74, 6) is 0.431. The predicted octanol–water partition coefficient (Wildman–Crippen LogP) is 3.67. The van der Waals surface area contributed by atoms with Crippen LogP contribution < -0.4 is 10.1 Å². The minimum absolute atomic E-state index is 0.0555. The number of benzene rings is 1. The summed E-state index contributed by atoms with van der Waals surface area (Å²) in [6.07, 6.45) is 2.15. The van der Waals surface area contributed by atoms with Crippen LogP contribution in [0.4, 0.5) is 4.39 Å². The van der Waals surface area contributed by atoms with E-state index in [2.05, 4.69) is 12.2 Å². The highest BCUT2D eigenvalue weighted by molar-refractivity contribution is 5.37. The maximum absolute atomic E-state index is 13.8. The standard InChI is InChI=1S/C14H22FNO/c1-5-7-10(2)17-13-9-6-8-12(15)14(13)11(3)16-4/h6,8-11,16H,5,7H2,1-4H3. The molecule has 2 unspecified atom stereocenters. The third kappa shape index (κ3) is 3.70. The summed E-state index contributed by atoms with van der Waals surface area (Å²) >= 11 is 0. The number of ether oxygens (including phenoxy) is 1. The highest BCUT2D eigenvalue weighted by Crippen LogP contribution is 2.28. The van der Waals surface area contributed by atoms with E-state index in [4.69, 9.17) is 4.74 Å². The van der Waals surface area contributed by atoms with E-state index < -0.39 is 0 Å². The first kappa shape index (κ1) is 14.0. The molecule has 0 aromatic heterocycles. The van der Waals surface area contributed by atoms with E-state index in [0.717, 1.165) is 12.8 Å². The van der Waals surface area contributed by atoms with Gasteiger partial charge in [0.05, 0.1) is 6.10 Å². The van der Waals surface area contributed by atoms with Gasteiger partial charge in [-0.1, -0.05) is 19.4 Å². The molecule has 0 bridgehead atoms. The van der Waals surface area contributed by atoms with E-state index in [1.54, 1.807) is 6.07 Å². The topological polar surface area (TPSA) is 21.3 Å². The van der Waals surface area contributed by atoms with Crippen molar-refractivity contribution in [1.82, 2.24) is 5.32 Å². The Labute approximate surface area is 103 Å². The van der Waals surface area contributed by atoms with E-state index in [-0.39, 0.29) is 18.0 Å². The van der Waals surface area contributed by atoms with Gasteiger partial charge >= 0.3 is 0 Å². The lowest BCUT2D eigenvalue weighted by molar-refractivity contribution is 0.205. The number of nitrogens with one attached hydrogen (secondary N) is 1. The monoisotopic (exact) mass is 239 g/mol. The predicted molar refractivity (Wildman–Crippen MR) is 68.9 cm³/mol. The van der Waals surface area contributed by atoms with Gasteiger partial charge in [-0.3, -0.25) is 0 Å². The summed E-state index contributed by atoms with van der Waals surface area (Å²) in [4.78, 5) is 0. The maximum atomic E-state index is 13.8. The summed E-state index contributed by atoms with van der Waals surface area (Å²) in [5, 5.41) is 3.05. The van der Waals surface area contributed by atoms with E-state index in [0.29, 0.717) is 11.3 Å². The molecule has 1 aromatic carbocycles. The fraction of sp³-hybridized carbons (Fsp3) is 0.571. The number of hydrogen-bond donors (Lipinski definition) is 1. The number of halogens is 1. The van der Waals surface area contributed by atoms with Crippen molar-refractivity contribution in [3.05, 3.63) is 29.6 Å². The number of hydrogen-bond acceptors (Lipinski definition) is 2. The van der Waals surface area contributed by atoms with Crippen LogP contribution in [0.3, 0.4) is 0 Å². The molecular formula is C14H22FNO. The van der Waals surface area contributed by atoms with Gasteiger partial charge in [0.25, 0.3) is 0 Å². The first-order valence-electron chi connectivity index (χ1n) is 6.22. The second-order valence-electron chi connectivity index (χ2n) is 4.38. The molecule has 0 amide bonds. The van der Waals surface area contributed by atoms with Crippen LogP contribution in [0.1, 0.15) is 45.2 Å². The molecule has 1 aromatic rings. The average molecular weight is 239 g/mol. The van der Waals surface area contributed by atoms with Gasteiger partial charge in [0, 0.05) is 11.6 Å². The molecule has 1 N–H and O–H groups in total. The van der Waals surface area contributed by atoms with Crippen LogP contribution in [0, 0.1) is 5.82 Å². The molecule has 2 atom stereocenters. The van der Waals surface area contributed by atoms with Crippen LogP contribution in [0.2, 0.25) is 0 Å². The molecule has 3 heteroatoms. The summed E-state index contributed by atoms with van der Waals surface area (Å²) in [7, 11) is 1.82. The molecule has 0 heterocycles. The van der Waals surface area contributed by atoms with Gasteiger partial charge in [0.1, 0.15) is 11.6 Å². The Balaban J connectivity index is 2.94. The van der Waals surface area contributed by atoms with Crippen LogP contribution in [-0.2, 0) is 0 Å². The van der Waals surface area contributed by atoms with Gasteiger partial charge in [-0.2, -0.15) is 0 Å². The molecule has 96 valence electrons. The van der Waals surface area contributed by atoms with Crippen molar-refractivity contribution < 1.29 is 9.13 Å². The summed E-state index contributed by atoms with van der Waals surface area (Å²) in [6.45, 7) is 6.06. The van der Waals surface area contributed by atoms with Gasteiger partial charge in [-0.25, -0.2) is 4.39 Å². The highest BCUT2D eigenvalue weighted by atomic mass is 19.1. The average Bonchev–Trinajstić information content (AvgIpc) is 2.28. The van der Waals surface area contributed by atoms with Crippen LogP contribution in [0.15, 0.2) is 18.2 Å². The minimum Gasteiger partial charge on any atom is -0.490 e. The Morgan fingerprint density at radius 3 is 2.65 bits per heavy atom. The molecule has 0 aliphatic rings. The first-order valence-corrected chi connectivity index (χ1v) is 6.22. The lowest BCUT2D eigenvalue weighted by Crippen LogP contribution is -2.18. The van der Waals surface area contributed by atoms with Gasteiger partial charge in [0.15, 0.2) is 0 Å². The lowest BCUT2D eigenvalue weighted by atomic mass is 10.1. The SMILES string of the molecule is CCCC(C)Oc1cccc(F)c1C(C)NC. The molecule has 17 heavy (non-hydrogen) atoms. The van der Waals surface area contributed by atoms with Crippen LogP contribution >= 0.6 is 0 Å². The maximum Gasteiger partial charge on any atom is 0.131 e. The molecule has 0 fully saturated rings. The zero-order valence-electron chi connectivity index (χ0n) is 11.1. The third-order valence-corrected chi connectivity index (χ3v) is 2.90. The molecule has 0 aliphatic carbocycles. The Morgan fingerprint density at radius 1 is 1.35 bits per heavy atom. The summed E-state index contributed by atoms with van der Waals surface area (Å²) < 4.78 is 19.6. The van der Waals surface area contributed by atoms with Gasteiger partial charge < -0.3 is 10.1 Å². The van der Waals surface area contributed by atoms with Gasteiger partial charge in [-0.05, 0) is 39.4 Å². The van der Waals surface area contributed by atoms with Gasteiger partial charge in [0.2, 0.25) is 0 Å². The third-order valence-electron chi connectivity index (χ3n) is 2.90. The molecule has 0 saturated carbocycles. The van der Waals surface area contributed by atoms with Crippen molar-refractivity contribution >= 4 is 0 Å². The second-order valence-corrected chi connectivity index (χ2v) is 4.38. The van der Waals surface area contributed by atoms with Crippen molar-refractivity contribution in [3.63, 3.8) is 0 Å². The van der Waals surface area contributed by atoms with Crippen molar-refractivity contribution in [2.24, 2.45) is 0 Å². The zero-order chi connectivity index (χ0) is 12.8. The van der Waals surface area contributed by atoms with Crippen LogP contribution in [0.5, 0.6) is 5.75 Å². The van der Waals surface area contributed by atoms with E-state index in [1.807, 2.05) is 27.0 Å². The van der Waals surface area contributed by atoms with Crippen molar-refractivity contribution in [2.45, 2.75) is 45.8 Å². The van der Waals surface area contributed by atoms with E-state index in [1.165, 1.54) is 6.07 Å². The van der Waals surface area contributed by atoms with Crippen molar-refractivity contribution in [2.75, 3.05) is 7.05 Å². The van der Waals surface area contributed by atoms with E-state index in [9.17, 15) is 4.39 Å². The van der Waals surface area contributed by atoms with Crippen molar-refractivity contribution in [3.8, 4) is 5.75 Å². The molecule has 0 aliphatic heterocycles. The Kier molecular flexibility index (Phi) is 5.42. The fourth-order valence-corrected chi connectivity index (χ4v) is 1.87. The molecular weight excluding hydrogens is 217 g/mol. The largest absolute Gasteiger partial charge is 0.490 e. The lowest BCUT2D eigenvalue weighted by Gasteiger charge is -2.20. The normalized spacial score (nSPS) is 14.4. The quantitative estimate of drug-likeness (QED) is 0.817. The Bertz CT molecular complexity index is 354. The molecule has 2 nitrogen and oxygen atoms in total. The van der Waals surface area contributed by atoms with Gasteiger partial charge in [-0.15, -0.1) is 0 Å². The zero-order valence-corrected chi connectivity index (χ0v) is 11.1. The molecule has 1 rings (SSSR count). The minimum atomic E-state index is -0.215.